The Morgan fingerprint density at radius 3 is 2.20 bits per heavy atom. The number of hydrogen-bond acceptors (Lipinski definition) is 5. The molecule has 0 bridgehead atoms. The summed E-state index contributed by atoms with van der Waals surface area (Å²) in [5.41, 5.74) is 5.10. The van der Waals surface area contributed by atoms with E-state index in [-0.39, 0.29) is 0 Å². The Balaban J connectivity index is 1.38. The molecule has 2 fully saturated rings. The van der Waals surface area contributed by atoms with E-state index in [1.807, 2.05) is 0 Å². The normalized spacial score (nSPS) is 17.2. The monoisotopic (exact) mass is 547 g/mol. The van der Waals surface area contributed by atoms with Crippen molar-refractivity contribution in [2.45, 2.75) is 65.0 Å². The smallest absolute Gasteiger partial charge is 0.222 e. The van der Waals surface area contributed by atoms with Crippen molar-refractivity contribution in [3.05, 3.63) is 59.7 Å². The maximum Gasteiger partial charge on any atom is 0.222 e. The summed E-state index contributed by atoms with van der Waals surface area (Å²) in [6, 6.07) is 17.9. The number of nitrogens with zero attached hydrogens (tertiary/aromatic N) is 4. The molecule has 220 valence electrons. The van der Waals surface area contributed by atoms with Gasteiger partial charge in [0.1, 0.15) is 0 Å². The van der Waals surface area contributed by atoms with Gasteiger partial charge in [0.25, 0.3) is 0 Å². The Morgan fingerprint density at radius 2 is 1.48 bits per heavy atom. The zero-order valence-corrected chi connectivity index (χ0v) is 25.3. The third-order valence-corrected chi connectivity index (χ3v) is 8.52. The van der Waals surface area contributed by atoms with Crippen LogP contribution >= 0.6 is 0 Å². The molecule has 6 heteroatoms. The van der Waals surface area contributed by atoms with Crippen molar-refractivity contribution in [3.8, 4) is 11.1 Å². The Labute approximate surface area is 243 Å². The van der Waals surface area contributed by atoms with E-state index in [1.165, 1.54) is 41.5 Å². The Bertz CT molecular complexity index is 1010. The Hall–Kier alpha value is -2.25. The van der Waals surface area contributed by atoms with E-state index in [4.69, 9.17) is 0 Å². The first-order valence-electron chi connectivity index (χ1n) is 15.9. The second kappa shape index (κ2) is 16.9. The molecule has 2 aromatic carbocycles. The molecule has 1 amide bonds. The van der Waals surface area contributed by atoms with Gasteiger partial charge in [0, 0.05) is 78.4 Å². The van der Waals surface area contributed by atoms with Crippen molar-refractivity contribution in [1.29, 1.82) is 0 Å². The first-order valence-corrected chi connectivity index (χ1v) is 15.9. The molecule has 2 heterocycles. The summed E-state index contributed by atoms with van der Waals surface area (Å²) in [7, 11) is 2.20. The lowest BCUT2D eigenvalue weighted by Crippen LogP contribution is -2.45. The molecule has 0 atom stereocenters. The van der Waals surface area contributed by atoms with Crippen molar-refractivity contribution >= 4 is 5.91 Å². The summed E-state index contributed by atoms with van der Waals surface area (Å²) in [4.78, 5) is 23.0. The minimum atomic E-state index is 0.318. The molecule has 0 spiro atoms. The van der Waals surface area contributed by atoms with Crippen LogP contribution in [0.4, 0.5) is 0 Å². The molecule has 40 heavy (non-hydrogen) atoms. The van der Waals surface area contributed by atoms with Crippen molar-refractivity contribution in [2.24, 2.45) is 0 Å². The first-order chi connectivity index (χ1) is 19.6. The summed E-state index contributed by atoms with van der Waals surface area (Å²) < 4.78 is 0. The molecule has 2 aliphatic heterocycles. The van der Waals surface area contributed by atoms with Gasteiger partial charge in [0.15, 0.2) is 0 Å². The van der Waals surface area contributed by atoms with Crippen LogP contribution in [0.15, 0.2) is 48.5 Å². The summed E-state index contributed by atoms with van der Waals surface area (Å²) in [6.45, 7) is 14.8. The number of likely N-dealkylation sites (N-methyl/N-ethyl adjacent to an activating group) is 1. The predicted molar refractivity (Wildman–Crippen MR) is 167 cm³/mol. The highest BCUT2D eigenvalue weighted by atomic mass is 16.2. The summed E-state index contributed by atoms with van der Waals surface area (Å²) in [5.74, 6) is 0.318. The van der Waals surface area contributed by atoms with E-state index >= 15 is 0 Å². The van der Waals surface area contributed by atoms with Crippen molar-refractivity contribution in [2.75, 3.05) is 72.5 Å². The summed E-state index contributed by atoms with van der Waals surface area (Å²) in [6.07, 6.45) is 7.63. The predicted octanol–water partition coefficient (Wildman–Crippen LogP) is 5.09. The van der Waals surface area contributed by atoms with Crippen LogP contribution in [0.5, 0.6) is 0 Å². The molecule has 2 aliphatic rings. The topological polar surface area (TPSA) is 42.1 Å². The van der Waals surface area contributed by atoms with Crippen LogP contribution in [0, 0.1) is 0 Å². The standard InChI is InChI=1S/C34H53N5O/c1-3-4-5-6-7-15-34(40)39(19-10-18-37-24-22-36(2)23-25-37)29-31-12-9-14-33(27-31)32-13-8-11-30(26-32)28-38-20-16-35-17-21-38/h8-9,11-14,26-27,35H,3-7,10,15-25,28-29H2,1-2H3. The molecule has 0 aliphatic carbocycles. The lowest BCUT2D eigenvalue weighted by molar-refractivity contribution is -0.132. The van der Waals surface area contributed by atoms with Crippen LogP contribution in [-0.2, 0) is 17.9 Å². The first kappa shape index (κ1) is 30.7. The molecule has 4 rings (SSSR count). The number of rotatable bonds is 15. The molecular formula is C34H53N5O. The molecule has 0 aromatic heterocycles. The highest BCUT2D eigenvalue weighted by Gasteiger charge is 2.17. The largest absolute Gasteiger partial charge is 0.338 e. The van der Waals surface area contributed by atoms with Gasteiger partial charge in [-0.15, -0.1) is 0 Å². The van der Waals surface area contributed by atoms with Crippen molar-refractivity contribution in [1.82, 2.24) is 24.9 Å². The fraction of sp³-hybridized carbons (Fsp3) is 0.618. The summed E-state index contributed by atoms with van der Waals surface area (Å²) in [5, 5.41) is 3.44. The number of piperazine rings is 2. The maximum atomic E-state index is 13.4. The molecule has 0 radical (unpaired) electrons. The third kappa shape index (κ3) is 10.3. The number of unbranched alkanes of at least 4 members (excludes halogenated alkanes) is 4. The van der Waals surface area contributed by atoms with Gasteiger partial charge in [-0.25, -0.2) is 0 Å². The molecule has 0 unspecified atom stereocenters. The third-order valence-electron chi connectivity index (χ3n) is 8.52. The van der Waals surface area contributed by atoms with Gasteiger partial charge < -0.3 is 20.0 Å². The van der Waals surface area contributed by atoms with Crippen LogP contribution < -0.4 is 5.32 Å². The lowest BCUT2D eigenvalue weighted by atomic mass is 10.0. The molecule has 6 nitrogen and oxygen atoms in total. The van der Waals surface area contributed by atoms with Crippen LogP contribution in [0.3, 0.4) is 0 Å². The van der Waals surface area contributed by atoms with Gasteiger partial charge in [0.2, 0.25) is 5.91 Å². The molecule has 2 aromatic rings. The van der Waals surface area contributed by atoms with E-state index in [9.17, 15) is 4.79 Å². The minimum Gasteiger partial charge on any atom is -0.338 e. The molecular weight excluding hydrogens is 494 g/mol. The molecule has 2 saturated heterocycles. The number of amides is 1. The number of hydrogen-bond donors (Lipinski definition) is 1. The lowest BCUT2D eigenvalue weighted by Gasteiger charge is -2.33. The zero-order valence-electron chi connectivity index (χ0n) is 25.3. The number of benzene rings is 2. The van der Waals surface area contributed by atoms with Gasteiger partial charge in [-0.2, -0.15) is 0 Å². The SMILES string of the molecule is CCCCCCCC(=O)N(CCCN1CCN(C)CC1)Cc1cccc(-c2cccc(CN3CCNCC3)c2)c1. The van der Waals surface area contributed by atoms with Gasteiger partial charge >= 0.3 is 0 Å². The second-order valence-corrected chi connectivity index (χ2v) is 11.9. The fourth-order valence-electron chi connectivity index (χ4n) is 5.93. The van der Waals surface area contributed by atoms with E-state index in [0.717, 1.165) is 91.3 Å². The number of carbonyl (C=O) groups is 1. The van der Waals surface area contributed by atoms with E-state index < -0.39 is 0 Å². The van der Waals surface area contributed by atoms with Gasteiger partial charge in [-0.05, 0) is 60.8 Å². The second-order valence-electron chi connectivity index (χ2n) is 11.9. The van der Waals surface area contributed by atoms with Crippen LogP contribution in [0.2, 0.25) is 0 Å². The number of nitrogens with one attached hydrogen (secondary N) is 1. The van der Waals surface area contributed by atoms with Crippen LogP contribution in [0.1, 0.15) is 63.0 Å². The average molecular weight is 548 g/mol. The molecule has 1 N–H and O–H groups in total. The van der Waals surface area contributed by atoms with Crippen molar-refractivity contribution in [3.63, 3.8) is 0 Å². The van der Waals surface area contributed by atoms with Gasteiger partial charge in [-0.3, -0.25) is 9.69 Å². The highest BCUT2D eigenvalue weighted by molar-refractivity contribution is 5.76. The van der Waals surface area contributed by atoms with E-state index in [0.29, 0.717) is 18.9 Å². The van der Waals surface area contributed by atoms with Crippen LogP contribution in [0.25, 0.3) is 11.1 Å². The Morgan fingerprint density at radius 1 is 0.800 bits per heavy atom. The maximum absolute atomic E-state index is 13.4. The summed E-state index contributed by atoms with van der Waals surface area (Å²) >= 11 is 0. The van der Waals surface area contributed by atoms with Crippen molar-refractivity contribution < 1.29 is 4.79 Å². The number of carbonyl (C=O) groups excluding carboxylic acids is 1. The quantitative estimate of drug-likeness (QED) is 0.315. The zero-order chi connectivity index (χ0) is 28.0. The van der Waals surface area contributed by atoms with E-state index in [2.05, 4.69) is 87.4 Å². The fourth-order valence-corrected chi connectivity index (χ4v) is 5.93. The van der Waals surface area contributed by atoms with Gasteiger partial charge in [0.05, 0.1) is 0 Å². The van der Waals surface area contributed by atoms with Gasteiger partial charge in [-0.1, -0.05) is 69.0 Å². The van der Waals surface area contributed by atoms with E-state index in [1.54, 1.807) is 0 Å². The minimum absolute atomic E-state index is 0.318. The average Bonchev–Trinajstić information content (AvgIpc) is 2.98. The Kier molecular flexibility index (Phi) is 13.0. The highest BCUT2D eigenvalue weighted by Crippen LogP contribution is 2.23. The molecule has 0 saturated carbocycles. The van der Waals surface area contributed by atoms with Crippen LogP contribution in [-0.4, -0.2) is 98.0 Å².